The van der Waals surface area contributed by atoms with E-state index in [-0.39, 0.29) is 13.1 Å². The van der Waals surface area contributed by atoms with Crippen molar-refractivity contribution in [2.45, 2.75) is 12.2 Å². The molecule has 1 saturated heterocycles. The number of carbonyl (C=O) groups excluding carboxylic acids is 1. The maximum Gasteiger partial charge on any atom is 0.419 e. The van der Waals surface area contributed by atoms with Crippen molar-refractivity contribution in [3.63, 3.8) is 0 Å². The molecule has 1 unspecified atom stereocenters. The van der Waals surface area contributed by atoms with Crippen molar-refractivity contribution in [1.29, 1.82) is 5.26 Å². The Labute approximate surface area is 118 Å². The highest BCUT2D eigenvalue weighted by Crippen LogP contribution is 2.32. The Hall–Kier alpha value is -2.14. The molecule has 1 aliphatic rings. The molecule has 1 amide bonds. The first-order chi connectivity index (χ1) is 9.86. The van der Waals surface area contributed by atoms with Gasteiger partial charge in [-0.15, -0.1) is 0 Å². The summed E-state index contributed by atoms with van der Waals surface area (Å²) < 4.78 is 51.9. The number of hydrogen-bond acceptors (Lipinski definition) is 3. The lowest BCUT2D eigenvalue weighted by atomic mass is 10.1. The van der Waals surface area contributed by atoms with Gasteiger partial charge < -0.3 is 10.2 Å². The molecule has 0 aliphatic carbocycles. The second-order valence-corrected chi connectivity index (χ2v) is 4.51. The Morgan fingerprint density at radius 3 is 2.76 bits per heavy atom. The number of hydrogen-bond donors (Lipinski definition) is 1. The van der Waals surface area contributed by atoms with Gasteiger partial charge in [-0.3, -0.25) is 4.79 Å². The van der Waals surface area contributed by atoms with Crippen LogP contribution < -0.4 is 5.32 Å². The third-order valence-electron chi connectivity index (χ3n) is 3.19. The number of halogens is 4. The molecular weight excluding hydrogens is 290 g/mol. The topological polar surface area (TPSA) is 56.1 Å². The van der Waals surface area contributed by atoms with Gasteiger partial charge in [0.25, 0.3) is 5.91 Å². The molecule has 2 rings (SSSR count). The van der Waals surface area contributed by atoms with E-state index in [0.717, 1.165) is 17.0 Å². The summed E-state index contributed by atoms with van der Waals surface area (Å²) in [6, 6.07) is 3.57. The van der Waals surface area contributed by atoms with Gasteiger partial charge in [0.2, 0.25) is 0 Å². The zero-order chi connectivity index (χ0) is 15.6. The summed E-state index contributed by atoms with van der Waals surface area (Å²) in [5, 5.41) is 11.8. The molecule has 1 aliphatic heterocycles. The number of rotatable bonds is 1. The highest BCUT2D eigenvalue weighted by atomic mass is 19.4. The van der Waals surface area contributed by atoms with Crippen LogP contribution in [-0.4, -0.2) is 36.5 Å². The average molecular weight is 301 g/mol. The lowest BCUT2D eigenvalue weighted by Gasteiger charge is -2.32. The summed E-state index contributed by atoms with van der Waals surface area (Å²) in [7, 11) is 0. The summed E-state index contributed by atoms with van der Waals surface area (Å²) in [6.45, 7) is 0.722. The maximum atomic E-state index is 13.9. The van der Waals surface area contributed by atoms with Gasteiger partial charge in [0.15, 0.2) is 0 Å². The molecule has 0 spiro atoms. The Morgan fingerprint density at radius 2 is 2.14 bits per heavy atom. The van der Waals surface area contributed by atoms with Crippen molar-refractivity contribution < 1.29 is 22.4 Å². The van der Waals surface area contributed by atoms with Crippen molar-refractivity contribution in [3.05, 3.63) is 35.1 Å². The van der Waals surface area contributed by atoms with E-state index in [0.29, 0.717) is 12.6 Å². The number of carbonyl (C=O) groups is 1. The molecule has 8 heteroatoms. The number of amides is 1. The van der Waals surface area contributed by atoms with Gasteiger partial charge in [-0.05, 0) is 12.1 Å². The van der Waals surface area contributed by atoms with E-state index in [1.807, 2.05) is 6.07 Å². The van der Waals surface area contributed by atoms with Gasteiger partial charge in [-0.2, -0.15) is 18.4 Å². The van der Waals surface area contributed by atoms with Crippen LogP contribution in [0.2, 0.25) is 0 Å². The van der Waals surface area contributed by atoms with Crippen molar-refractivity contribution in [1.82, 2.24) is 10.2 Å². The van der Waals surface area contributed by atoms with Crippen LogP contribution in [-0.2, 0) is 6.18 Å². The van der Waals surface area contributed by atoms with Gasteiger partial charge in [-0.25, -0.2) is 4.39 Å². The average Bonchev–Trinajstić information content (AvgIpc) is 2.45. The summed E-state index contributed by atoms with van der Waals surface area (Å²) in [4.78, 5) is 13.3. The van der Waals surface area contributed by atoms with Crippen LogP contribution in [0, 0.1) is 17.1 Å². The third kappa shape index (κ3) is 2.97. The Morgan fingerprint density at radius 1 is 1.43 bits per heavy atom. The summed E-state index contributed by atoms with van der Waals surface area (Å²) >= 11 is 0. The molecular formula is C13H11F4N3O. The monoisotopic (exact) mass is 301 g/mol. The van der Waals surface area contributed by atoms with Gasteiger partial charge >= 0.3 is 6.18 Å². The second-order valence-electron chi connectivity index (χ2n) is 4.51. The standard InChI is InChI=1S/C13H11F4N3O/c14-11-9(2-1-3-10(11)13(15,16)17)12(21)20-5-4-19-7-8(20)6-18/h1-3,8,19H,4-5,7H2. The van der Waals surface area contributed by atoms with Crippen LogP contribution in [0.3, 0.4) is 0 Å². The number of nitrogens with one attached hydrogen (secondary N) is 1. The molecule has 1 aromatic carbocycles. The van der Waals surface area contributed by atoms with Crippen LogP contribution in [0.4, 0.5) is 17.6 Å². The van der Waals surface area contributed by atoms with E-state index in [1.165, 1.54) is 0 Å². The summed E-state index contributed by atoms with van der Waals surface area (Å²) in [5.74, 6) is -2.52. The van der Waals surface area contributed by atoms with Gasteiger partial charge in [-0.1, -0.05) is 6.07 Å². The van der Waals surface area contributed by atoms with Crippen LogP contribution >= 0.6 is 0 Å². The Bertz CT molecular complexity index is 594. The maximum absolute atomic E-state index is 13.9. The first kappa shape index (κ1) is 15.3. The van der Waals surface area contributed by atoms with Crippen molar-refractivity contribution in [2.75, 3.05) is 19.6 Å². The van der Waals surface area contributed by atoms with E-state index in [4.69, 9.17) is 5.26 Å². The number of benzene rings is 1. The zero-order valence-corrected chi connectivity index (χ0v) is 10.7. The Kier molecular flexibility index (Phi) is 4.14. The first-order valence-electron chi connectivity index (χ1n) is 6.13. The first-order valence-corrected chi connectivity index (χ1v) is 6.13. The lowest BCUT2D eigenvalue weighted by Crippen LogP contribution is -2.53. The van der Waals surface area contributed by atoms with Crippen molar-refractivity contribution in [2.24, 2.45) is 0 Å². The molecule has 1 heterocycles. The van der Waals surface area contributed by atoms with E-state index >= 15 is 0 Å². The SMILES string of the molecule is N#CC1CNCCN1C(=O)c1cccc(C(F)(F)F)c1F. The van der Waals surface area contributed by atoms with Crippen LogP contribution in [0.1, 0.15) is 15.9 Å². The minimum atomic E-state index is -4.88. The molecule has 112 valence electrons. The van der Waals surface area contributed by atoms with E-state index in [2.05, 4.69) is 5.32 Å². The fourth-order valence-electron chi connectivity index (χ4n) is 2.13. The molecule has 1 aromatic rings. The molecule has 1 atom stereocenters. The molecule has 0 radical (unpaired) electrons. The second kappa shape index (κ2) is 5.69. The fourth-order valence-corrected chi connectivity index (χ4v) is 2.13. The van der Waals surface area contributed by atoms with Crippen LogP contribution in [0.5, 0.6) is 0 Å². The molecule has 1 N–H and O–H groups in total. The van der Waals surface area contributed by atoms with Gasteiger partial charge in [0.05, 0.1) is 17.2 Å². The molecule has 0 aromatic heterocycles. The quantitative estimate of drug-likeness (QED) is 0.805. The third-order valence-corrected chi connectivity index (χ3v) is 3.19. The molecule has 1 fully saturated rings. The number of alkyl halides is 3. The minimum absolute atomic E-state index is 0.132. The van der Waals surface area contributed by atoms with E-state index in [1.54, 1.807) is 0 Å². The van der Waals surface area contributed by atoms with Crippen molar-refractivity contribution in [3.8, 4) is 6.07 Å². The number of nitriles is 1. The fraction of sp³-hybridized carbons (Fsp3) is 0.385. The smallest absolute Gasteiger partial charge is 0.320 e. The number of piperazine rings is 1. The van der Waals surface area contributed by atoms with Crippen molar-refractivity contribution >= 4 is 5.91 Å². The predicted molar refractivity (Wildman–Crippen MR) is 64.7 cm³/mol. The minimum Gasteiger partial charge on any atom is -0.320 e. The molecule has 0 bridgehead atoms. The molecule has 21 heavy (non-hydrogen) atoms. The van der Waals surface area contributed by atoms with Crippen LogP contribution in [0.25, 0.3) is 0 Å². The summed E-state index contributed by atoms with van der Waals surface area (Å²) in [6.07, 6.45) is -4.88. The zero-order valence-electron chi connectivity index (χ0n) is 10.7. The number of nitrogens with zero attached hydrogens (tertiary/aromatic N) is 2. The largest absolute Gasteiger partial charge is 0.419 e. The van der Waals surface area contributed by atoms with Gasteiger partial charge in [0.1, 0.15) is 11.9 Å². The lowest BCUT2D eigenvalue weighted by molar-refractivity contribution is -0.140. The van der Waals surface area contributed by atoms with E-state index in [9.17, 15) is 22.4 Å². The van der Waals surface area contributed by atoms with E-state index < -0.39 is 35.1 Å². The Balaban J connectivity index is 2.38. The highest BCUT2D eigenvalue weighted by Gasteiger charge is 2.37. The van der Waals surface area contributed by atoms with Crippen LogP contribution in [0.15, 0.2) is 18.2 Å². The normalized spacial score (nSPS) is 19.2. The summed E-state index contributed by atoms with van der Waals surface area (Å²) in [5.41, 5.74) is -2.16. The van der Waals surface area contributed by atoms with Gasteiger partial charge in [0, 0.05) is 19.6 Å². The predicted octanol–water partition coefficient (Wildman–Crippen LogP) is 1.78. The highest BCUT2D eigenvalue weighted by molar-refractivity contribution is 5.95. The molecule has 4 nitrogen and oxygen atoms in total. The molecule has 0 saturated carbocycles.